The monoisotopic (exact) mass is 286 g/mol. The van der Waals surface area contributed by atoms with E-state index in [-0.39, 0.29) is 12.1 Å². The van der Waals surface area contributed by atoms with E-state index in [2.05, 4.69) is 27.4 Å². The van der Waals surface area contributed by atoms with Gasteiger partial charge in [-0.05, 0) is 25.8 Å². The summed E-state index contributed by atoms with van der Waals surface area (Å²) in [6.07, 6.45) is 2.43. The van der Waals surface area contributed by atoms with Crippen molar-refractivity contribution in [3.8, 4) is 5.88 Å². The van der Waals surface area contributed by atoms with Crippen LogP contribution in [0.1, 0.15) is 19.4 Å². The molecule has 2 rings (SSSR count). The molecule has 0 aliphatic rings. The number of aromatic nitrogens is 2. The molecular weight excluding hydrogens is 264 g/mol. The Morgan fingerprint density at radius 3 is 2.62 bits per heavy atom. The van der Waals surface area contributed by atoms with Gasteiger partial charge in [0.2, 0.25) is 5.88 Å². The van der Waals surface area contributed by atoms with Gasteiger partial charge >= 0.3 is 0 Å². The molecule has 5 heteroatoms. The predicted octanol–water partition coefficient (Wildman–Crippen LogP) is 2.25. The van der Waals surface area contributed by atoms with Crippen molar-refractivity contribution < 1.29 is 4.74 Å². The van der Waals surface area contributed by atoms with Gasteiger partial charge in [0.05, 0.1) is 6.10 Å². The molecule has 0 saturated carbocycles. The van der Waals surface area contributed by atoms with Crippen molar-refractivity contribution in [1.29, 1.82) is 0 Å². The average Bonchev–Trinajstić information content (AvgIpc) is 2.47. The summed E-state index contributed by atoms with van der Waals surface area (Å²) in [4.78, 5) is 8.31. The Kier molecular flexibility index (Phi) is 5.51. The molecular formula is C16H22N4O. The van der Waals surface area contributed by atoms with E-state index in [1.165, 1.54) is 11.9 Å². The van der Waals surface area contributed by atoms with E-state index in [9.17, 15) is 0 Å². The van der Waals surface area contributed by atoms with Crippen LogP contribution >= 0.6 is 0 Å². The zero-order chi connectivity index (χ0) is 15.1. The van der Waals surface area contributed by atoms with E-state index >= 15 is 0 Å². The van der Waals surface area contributed by atoms with Gasteiger partial charge in [-0.3, -0.25) is 0 Å². The standard InChI is InChI=1S/C16H22N4O/c1-12(2)21-16-9-15(18-11-19-16)20-14(10-17)8-13-6-4-3-5-7-13/h3-7,9,11-12,14H,8,10,17H2,1-2H3,(H,18,19,20). The van der Waals surface area contributed by atoms with E-state index < -0.39 is 0 Å². The van der Waals surface area contributed by atoms with Crippen LogP contribution in [0.25, 0.3) is 0 Å². The highest BCUT2D eigenvalue weighted by atomic mass is 16.5. The van der Waals surface area contributed by atoms with Gasteiger partial charge in [0.25, 0.3) is 0 Å². The Bertz CT molecular complexity index is 545. The lowest BCUT2D eigenvalue weighted by Gasteiger charge is -2.18. The number of ether oxygens (including phenoxy) is 1. The lowest BCUT2D eigenvalue weighted by Crippen LogP contribution is -2.31. The van der Waals surface area contributed by atoms with Crippen molar-refractivity contribution in [3.05, 3.63) is 48.3 Å². The summed E-state index contributed by atoms with van der Waals surface area (Å²) >= 11 is 0. The lowest BCUT2D eigenvalue weighted by atomic mass is 10.1. The first-order valence-corrected chi connectivity index (χ1v) is 7.16. The topological polar surface area (TPSA) is 73.1 Å². The van der Waals surface area contributed by atoms with Gasteiger partial charge in [0, 0.05) is 18.7 Å². The summed E-state index contributed by atoms with van der Waals surface area (Å²) in [5.74, 6) is 1.30. The summed E-state index contributed by atoms with van der Waals surface area (Å²) in [6.45, 7) is 4.46. The highest BCUT2D eigenvalue weighted by molar-refractivity contribution is 5.39. The normalized spacial score (nSPS) is 12.2. The summed E-state index contributed by atoms with van der Waals surface area (Å²) < 4.78 is 5.57. The number of nitrogens with two attached hydrogens (primary N) is 1. The van der Waals surface area contributed by atoms with E-state index in [0.29, 0.717) is 12.4 Å². The maximum Gasteiger partial charge on any atom is 0.218 e. The van der Waals surface area contributed by atoms with Gasteiger partial charge in [-0.25, -0.2) is 9.97 Å². The molecule has 1 unspecified atom stereocenters. The summed E-state index contributed by atoms with van der Waals surface area (Å²) in [5, 5.41) is 3.33. The van der Waals surface area contributed by atoms with Crippen LogP contribution in [0.2, 0.25) is 0 Å². The molecule has 112 valence electrons. The fourth-order valence-electron chi connectivity index (χ4n) is 2.03. The van der Waals surface area contributed by atoms with Crippen LogP contribution in [0, 0.1) is 0 Å². The second-order valence-corrected chi connectivity index (χ2v) is 5.17. The van der Waals surface area contributed by atoms with E-state index in [0.717, 1.165) is 12.2 Å². The van der Waals surface area contributed by atoms with Crippen LogP contribution in [-0.4, -0.2) is 28.7 Å². The SMILES string of the molecule is CC(C)Oc1cc(NC(CN)Cc2ccccc2)ncn1. The Labute approximate surface area is 125 Å². The van der Waals surface area contributed by atoms with Gasteiger partial charge in [-0.15, -0.1) is 0 Å². The quantitative estimate of drug-likeness (QED) is 0.816. The Morgan fingerprint density at radius 2 is 1.95 bits per heavy atom. The minimum atomic E-state index is 0.0855. The second kappa shape index (κ2) is 7.59. The molecule has 0 aliphatic heterocycles. The molecule has 0 spiro atoms. The number of nitrogens with one attached hydrogen (secondary N) is 1. The molecule has 0 amide bonds. The highest BCUT2D eigenvalue weighted by Crippen LogP contribution is 2.14. The number of benzene rings is 1. The van der Waals surface area contributed by atoms with Gasteiger partial charge < -0.3 is 15.8 Å². The van der Waals surface area contributed by atoms with Crippen LogP contribution in [-0.2, 0) is 6.42 Å². The number of rotatable bonds is 7. The molecule has 1 aromatic heterocycles. The van der Waals surface area contributed by atoms with Crippen molar-refractivity contribution in [2.75, 3.05) is 11.9 Å². The van der Waals surface area contributed by atoms with Crippen LogP contribution in [0.5, 0.6) is 5.88 Å². The van der Waals surface area contributed by atoms with Crippen LogP contribution in [0.3, 0.4) is 0 Å². The molecule has 0 aliphatic carbocycles. The summed E-state index contributed by atoms with van der Waals surface area (Å²) in [6, 6.07) is 12.2. The second-order valence-electron chi connectivity index (χ2n) is 5.17. The third-order valence-electron chi connectivity index (χ3n) is 2.96. The van der Waals surface area contributed by atoms with Gasteiger partial charge in [0.15, 0.2) is 0 Å². The minimum Gasteiger partial charge on any atom is -0.475 e. The third-order valence-corrected chi connectivity index (χ3v) is 2.96. The van der Waals surface area contributed by atoms with Crippen LogP contribution in [0.4, 0.5) is 5.82 Å². The maximum atomic E-state index is 5.85. The van der Waals surface area contributed by atoms with E-state index in [1.54, 1.807) is 6.07 Å². The number of hydrogen-bond donors (Lipinski definition) is 2. The molecule has 1 heterocycles. The molecule has 1 atom stereocenters. The van der Waals surface area contributed by atoms with Gasteiger partial charge in [-0.1, -0.05) is 30.3 Å². The molecule has 0 radical (unpaired) electrons. The Hall–Kier alpha value is -2.14. The minimum absolute atomic E-state index is 0.0855. The molecule has 1 aromatic carbocycles. The molecule has 2 aromatic rings. The average molecular weight is 286 g/mol. The van der Waals surface area contributed by atoms with Crippen molar-refractivity contribution in [2.24, 2.45) is 5.73 Å². The van der Waals surface area contributed by atoms with Crippen molar-refractivity contribution in [1.82, 2.24) is 9.97 Å². The number of nitrogens with zero attached hydrogens (tertiary/aromatic N) is 2. The fraction of sp³-hybridized carbons (Fsp3) is 0.375. The van der Waals surface area contributed by atoms with Crippen molar-refractivity contribution >= 4 is 5.82 Å². The molecule has 0 saturated heterocycles. The predicted molar refractivity (Wildman–Crippen MR) is 84.4 cm³/mol. The zero-order valence-electron chi connectivity index (χ0n) is 12.5. The summed E-state index contributed by atoms with van der Waals surface area (Å²) in [7, 11) is 0. The fourth-order valence-corrected chi connectivity index (χ4v) is 2.03. The smallest absolute Gasteiger partial charge is 0.218 e. The van der Waals surface area contributed by atoms with Crippen LogP contribution < -0.4 is 15.8 Å². The molecule has 21 heavy (non-hydrogen) atoms. The van der Waals surface area contributed by atoms with E-state index in [1.807, 2.05) is 32.0 Å². The third kappa shape index (κ3) is 5.04. The van der Waals surface area contributed by atoms with Crippen molar-refractivity contribution in [3.63, 3.8) is 0 Å². The maximum absolute atomic E-state index is 5.85. The molecule has 3 N–H and O–H groups in total. The highest BCUT2D eigenvalue weighted by Gasteiger charge is 2.09. The number of hydrogen-bond acceptors (Lipinski definition) is 5. The first-order chi connectivity index (χ1) is 10.2. The van der Waals surface area contributed by atoms with Gasteiger partial charge in [0.1, 0.15) is 12.1 Å². The molecule has 0 bridgehead atoms. The largest absolute Gasteiger partial charge is 0.475 e. The first-order valence-electron chi connectivity index (χ1n) is 7.16. The zero-order valence-corrected chi connectivity index (χ0v) is 12.5. The molecule has 5 nitrogen and oxygen atoms in total. The van der Waals surface area contributed by atoms with E-state index in [4.69, 9.17) is 10.5 Å². The number of anilines is 1. The Morgan fingerprint density at radius 1 is 1.19 bits per heavy atom. The lowest BCUT2D eigenvalue weighted by molar-refractivity contribution is 0.232. The van der Waals surface area contributed by atoms with Crippen LogP contribution in [0.15, 0.2) is 42.7 Å². The Balaban J connectivity index is 2.01. The first kappa shape index (κ1) is 15.3. The van der Waals surface area contributed by atoms with Crippen molar-refractivity contribution in [2.45, 2.75) is 32.4 Å². The van der Waals surface area contributed by atoms with Gasteiger partial charge in [-0.2, -0.15) is 0 Å². The summed E-state index contributed by atoms with van der Waals surface area (Å²) in [5.41, 5.74) is 7.09. The molecule has 0 fully saturated rings.